The average molecular weight is 170 g/mol. The van der Waals surface area contributed by atoms with Crippen molar-refractivity contribution in [2.24, 2.45) is 4.99 Å². The van der Waals surface area contributed by atoms with Gasteiger partial charge in [-0.1, -0.05) is 11.6 Å². The van der Waals surface area contributed by atoms with Crippen LogP contribution in [0.25, 0.3) is 0 Å². The van der Waals surface area contributed by atoms with Crippen molar-refractivity contribution in [2.75, 3.05) is 5.73 Å². The zero-order chi connectivity index (χ0) is 8.43. The monoisotopic (exact) mass is 169 g/mol. The molecule has 1 aromatic rings. The molecule has 0 amide bonds. The molecule has 0 aliphatic carbocycles. The second-order valence-corrected chi connectivity index (χ2v) is 2.54. The van der Waals surface area contributed by atoms with E-state index in [1.54, 1.807) is 6.07 Å². The average Bonchev–Trinajstić information content (AvgIpc) is 1.96. The van der Waals surface area contributed by atoms with Gasteiger partial charge in [0.15, 0.2) is 5.82 Å². The Labute approximate surface area is 69.9 Å². The first-order chi connectivity index (χ1) is 5.15. The maximum absolute atomic E-state index is 5.65. The van der Waals surface area contributed by atoms with Crippen molar-refractivity contribution in [1.82, 2.24) is 4.98 Å². The second-order valence-electron chi connectivity index (χ2n) is 2.16. The highest BCUT2D eigenvalue weighted by atomic mass is 35.5. The molecule has 0 fully saturated rings. The van der Waals surface area contributed by atoms with Crippen LogP contribution in [-0.4, -0.2) is 11.7 Å². The normalized spacial score (nSPS) is 9.64. The minimum absolute atomic E-state index is 0.388. The molecule has 0 aromatic carbocycles. The van der Waals surface area contributed by atoms with Crippen molar-refractivity contribution in [3.05, 3.63) is 16.8 Å². The number of rotatable bonds is 1. The van der Waals surface area contributed by atoms with Crippen molar-refractivity contribution < 1.29 is 0 Å². The summed E-state index contributed by atoms with van der Waals surface area (Å²) < 4.78 is 0. The first kappa shape index (κ1) is 8.01. The Kier molecular flexibility index (Phi) is 2.10. The minimum Gasteiger partial charge on any atom is -0.395 e. The number of aryl methyl sites for hydroxylation is 1. The SMILES string of the molecule is C=Nc1nc(Cl)cc(C)c1N. The number of aliphatic imine (C=N–C) groups is 1. The van der Waals surface area contributed by atoms with Gasteiger partial charge < -0.3 is 5.73 Å². The van der Waals surface area contributed by atoms with E-state index in [0.717, 1.165) is 5.56 Å². The third kappa shape index (κ3) is 1.49. The fraction of sp³-hybridized carbons (Fsp3) is 0.143. The molecule has 0 bridgehead atoms. The molecule has 1 heterocycles. The van der Waals surface area contributed by atoms with Gasteiger partial charge in [0.2, 0.25) is 0 Å². The summed E-state index contributed by atoms with van der Waals surface area (Å²) in [6.07, 6.45) is 0. The number of anilines is 1. The molecular formula is C7H8ClN3. The van der Waals surface area contributed by atoms with E-state index in [1.807, 2.05) is 6.92 Å². The molecule has 0 aliphatic heterocycles. The largest absolute Gasteiger partial charge is 0.395 e. The summed E-state index contributed by atoms with van der Waals surface area (Å²) in [5.74, 6) is 0.398. The zero-order valence-corrected chi connectivity index (χ0v) is 6.89. The fourth-order valence-electron chi connectivity index (χ4n) is 0.747. The molecule has 0 atom stereocenters. The van der Waals surface area contributed by atoms with E-state index < -0.39 is 0 Å². The van der Waals surface area contributed by atoms with Crippen LogP contribution in [0, 0.1) is 6.92 Å². The van der Waals surface area contributed by atoms with E-state index in [-0.39, 0.29) is 0 Å². The van der Waals surface area contributed by atoms with Crippen LogP contribution in [0.4, 0.5) is 11.5 Å². The number of hydrogen-bond acceptors (Lipinski definition) is 3. The standard InChI is InChI=1S/C7H8ClN3/c1-4-3-5(8)11-7(10-2)6(4)9/h3H,2,9H2,1H3. The third-order valence-electron chi connectivity index (χ3n) is 1.36. The maximum Gasteiger partial charge on any atom is 0.176 e. The summed E-state index contributed by atoms with van der Waals surface area (Å²) in [5.41, 5.74) is 7.01. The van der Waals surface area contributed by atoms with Crippen LogP contribution < -0.4 is 5.73 Å². The van der Waals surface area contributed by atoms with Gasteiger partial charge in [-0.15, -0.1) is 0 Å². The first-order valence-corrected chi connectivity index (χ1v) is 3.42. The summed E-state index contributed by atoms with van der Waals surface area (Å²) in [4.78, 5) is 7.48. The maximum atomic E-state index is 5.65. The number of pyridine rings is 1. The van der Waals surface area contributed by atoms with Gasteiger partial charge in [0.1, 0.15) is 5.15 Å². The van der Waals surface area contributed by atoms with Crippen LogP contribution in [0.15, 0.2) is 11.1 Å². The lowest BCUT2D eigenvalue weighted by Crippen LogP contribution is -1.92. The molecule has 0 saturated heterocycles. The van der Waals surface area contributed by atoms with Gasteiger partial charge in [-0.2, -0.15) is 0 Å². The van der Waals surface area contributed by atoms with Crippen LogP contribution in [-0.2, 0) is 0 Å². The number of nitrogens with zero attached hydrogens (tertiary/aromatic N) is 2. The first-order valence-electron chi connectivity index (χ1n) is 3.04. The van der Waals surface area contributed by atoms with E-state index >= 15 is 0 Å². The molecule has 3 nitrogen and oxygen atoms in total. The van der Waals surface area contributed by atoms with Gasteiger partial charge in [0.25, 0.3) is 0 Å². The summed E-state index contributed by atoms with van der Waals surface area (Å²) >= 11 is 5.65. The Morgan fingerprint density at radius 1 is 1.73 bits per heavy atom. The quantitative estimate of drug-likeness (QED) is 0.516. The predicted molar refractivity (Wildman–Crippen MR) is 47.6 cm³/mol. The lowest BCUT2D eigenvalue weighted by molar-refractivity contribution is 1.26. The Bertz CT molecular complexity index is 296. The Morgan fingerprint density at radius 3 is 2.91 bits per heavy atom. The molecule has 0 aliphatic rings. The highest BCUT2D eigenvalue weighted by molar-refractivity contribution is 6.29. The van der Waals surface area contributed by atoms with Gasteiger partial charge in [-0.3, -0.25) is 0 Å². The van der Waals surface area contributed by atoms with E-state index in [9.17, 15) is 0 Å². The third-order valence-corrected chi connectivity index (χ3v) is 1.56. The molecule has 0 spiro atoms. The van der Waals surface area contributed by atoms with Crippen molar-refractivity contribution in [3.8, 4) is 0 Å². The number of aromatic nitrogens is 1. The molecule has 1 aromatic heterocycles. The van der Waals surface area contributed by atoms with E-state index in [0.29, 0.717) is 16.7 Å². The Balaban J connectivity index is 3.35. The molecule has 0 unspecified atom stereocenters. The number of hydrogen-bond donors (Lipinski definition) is 1. The van der Waals surface area contributed by atoms with Crippen molar-refractivity contribution in [2.45, 2.75) is 6.92 Å². The Hall–Kier alpha value is -1.09. The van der Waals surface area contributed by atoms with Crippen molar-refractivity contribution in [3.63, 3.8) is 0 Å². The molecule has 11 heavy (non-hydrogen) atoms. The van der Waals surface area contributed by atoms with E-state index in [4.69, 9.17) is 17.3 Å². The van der Waals surface area contributed by atoms with Crippen molar-refractivity contribution in [1.29, 1.82) is 0 Å². The zero-order valence-electron chi connectivity index (χ0n) is 6.13. The molecule has 1 rings (SSSR count). The smallest absolute Gasteiger partial charge is 0.176 e. The van der Waals surface area contributed by atoms with Gasteiger partial charge in [-0.25, -0.2) is 9.98 Å². The van der Waals surface area contributed by atoms with E-state index in [2.05, 4.69) is 16.7 Å². The molecule has 0 radical (unpaired) electrons. The van der Waals surface area contributed by atoms with Crippen LogP contribution in [0.5, 0.6) is 0 Å². The summed E-state index contributed by atoms with van der Waals surface area (Å²) in [7, 11) is 0. The van der Waals surface area contributed by atoms with Crippen LogP contribution in [0.1, 0.15) is 5.56 Å². The number of nitrogens with two attached hydrogens (primary N) is 1. The van der Waals surface area contributed by atoms with Crippen molar-refractivity contribution >= 4 is 29.8 Å². The highest BCUT2D eigenvalue weighted by Gasteiger charge is 2.02. The summed E-state index contributed by atoms with van der Waals surface area (Å²) in [5, 5.41) is 0.388. The molecule has 0 saturated carbocycles. The van der Waals surface area contributed by atoms with Gasteiger partial charge in [0.05, 0.1) is 5.69 Å². The lowest BCUT2D eigenvalue weighted by Gasteiger charge is -2.02. The molecule has 4 heteroatoms. The highest BCUT2D eigenvalue weighted by Crippen LogP contribution is 2.24. The molecule has 58 valence electrons. The number of nitrogen functional groups attached to an aromatic ring is 1. The van der Waals surface area contributed by atoms with Gasteiger partial charge in [-0.05, 0) is 25.3 Å². The molecular weight excluding hydrogens is 162 g/mol. The van der Waals surface area contributed by atoms with Gasteiger partial charge in [0, 0.05) is 0 Å². The number of halogens is 1. The fourth-order valence-corrected chi connectivity index (χ4v) is 0.991. The predicted octanol–water partition coefficient (Wildman–Crippen LogP) is 1.96. The minimum atomic E-state index is 0.388. The molecule has 2 N–H and O–H groups in total. The van der Waals surface area contributed by atoms with Crippen LogP contribution in [0.3, 0.4) is 0 Å². The van der Waals surface area contributed by atoms with Crippen LogP contribution >= 0.6 is 11.6 Å². The summed E-state index contributed by atoms with van der Waals surface area (Å²) in [6.45, 7) is 5.17. The van der Waals surface area contributed by atoms with E-state index in [1.165, 1.54) is 0 Å². The summed E-state index contributed by atoms with van der Waals surface area (Å²) in [6, 6.07) is 1.69. The topological polar surface area (TPSA) is 51.3 Å². The lowest BCUT2D eigenvalue weighted by atomic mass is 10.2. The van der Waals surface area contributed by atoms with Crippen LogP contribution in [0.2, 0.25) is 5.15 Å². The van der Waals surface area contributed by atoms with Gasteiger partial charge >= 0.3 is 0 Å². The Morgan fingerprint density at radius 2 is 2.36 bits per heavy atom. The second kappa shape index (κ2) is 2.88.